The van der Waals surface area contributed by atoms with Crippen LogP contribution < -0.4 is 24.8 Å². The molecular weight excluding hydrogens is 468 g/mol. The van der Waals surface area contributed by atoms with Crippen molar-refractivity contribution in [2.45, 2.75) is 12.8 Å². The summed E-state index contributed by atoms with van der Waals surface area (Å²) in [5.74, 6) is 3.14. The van der Waals surface area contributed by atoms with Crippen LogP contribution in [-0.2, 0) is 0 Å². The van der Waals surface area contributed by atoms with Crippen LogP contribution in [0.5, 0.6) is 23.1 Å². The van der Waals surface area contributed by atoms with Crippen LogP contribution in [-0.4, -0.2) is 30.7 Å². The Morgan fingerprint density at radius 1 is 0.892 bits per heavy atom. The molecule has 9 heteroatoms. The summed E-state index contributed by atoms with van der Waals surface area (Å²) in [5, 5.41) is 26.5. The van der Waals surface area contributed by atoms with E-state index in [0.717, 1.165) is 23.0 Å². The van der Waals surface area contributed by atoms with Crippen molar-refractivity contribution in [1.29, 1.82) is 10.5 Å². The second-order valence-corrected chi connectivity index (χ2v) is 8.64. The predicted octanol–water partition coefficient (Wildman–Crippen LogP) is 5.75. The van der Waals surface area contributed by atoms with Gasteiger partial charge in [0.2, 0.25) is 17.6 Å². The maximum atomic E-state index is 9.29. The minimum absolute atomic E-state index is 0.286. The summed E-state index contributed by atoms with van der Waals surface area (Å²) in [4.78, 5) is 9.16. The summed E-state index contributed by atoms with van der Waals surface area (Å²) in [6, 6.07) is 20.1. The molecule has 0 bridgehead atoms. The maximum absolute atomic E-state index is 9.29. The number of fused-ring (bicyclic) bond motifs is 1. The maximum Gasteiger partial charge on any atom is 0.232 e. The van der Waals surface area contributed by atoms with Gasteiger partial charge in [-0.05, 0) is 72.7 Å². The molecule has 0 atom stereocenters. The van der Waals surface area contributed by atoms with Crippen LogP contribution in [0.4, 0.5) is 17.5 Å². The van der Waals surface area contributed by atoms with Gasteiger partial charge in [0.15, 0.2) is 11.5 Å². The molecule has 0 spiro atoms. The quantitative estimate of drug-likeness (QED) is 0.300. The third-order valence-corrected chi connectivity index (χ3v) is 6.01. The van der Waals surface area contributed by atoms with E-state index < -0.39 is 0 Å². The van der Waals surface area contributed by atoms with Crippen molar-refractivity contribution in [2.75, 3.05) is 31.4 Å². The molecule has 0 unspecified atom stereocenters. The Kier molecular flexibility index (Phi) is 6.60. The number of anilines is 3. The average molecular weight is 493 g/mol. The molecule has 1 aliphatic carbocycles. The Morgan fingerprint density at radius 2 is 1.65 bits per heavy atom. The monoisotopic (exact) mass is 492 g/mol. The van der Waals surface area contributed by atoms with Crippen molar-refractivity contribution < 1.29 is 14.2 Å². The van der Waals surface area contributed by atoms with Crippen LogP contribution >= 0.6 is 0 Å². The minimum Gasteiger partial charge on any atom is -0.493 e. The first-order valence-electron chi connectivity index (χ1n) is 11.8. The first kappa shape index (κ1) is 23.7. The summed E-state index contributed by atoms with van der Waals surface area (Å²) in [7, 11) is 3.10. The van der Waals surface area contributed by atoms with E-state index in [2.05, 4.69) is 32.7 Å². The lowest BCUT2D eigenvalue weighted by atomic mass is 10.1. The molecule has 1 fully saturated rings. The summed E-state index contributed by atoms with van der Waals surface area (Å²) >= 11 is 0. The van der Waals surface area contributed by atoms with Gasteiger partial charge in [0.1, 0.15) is 5.82 Å². The van der Waals surface area contributed by atoms with Gasteiger partial charge in [-0.15, -0.1) is 0 Å². The van der Waals surface area contributed by atoms with Gasteiger partial charge in [-0.3, -0.25) is 0 Å². The smallest absolute Gasteiger partial charge is 0.232 e. The van der Waals surface area contributed by atoms with Gasteiger partial charge in [0.05, 0.1) is 37.5 Å². The number of benzene rings is 3. The van der Waals surface area contributed by atoms with Crippen LogP contribution in [0.1, 0.15) is 24.0 Å². The van der Waals surface area contributed by atoms with Gasteiger partial charge in [-0.1, -0.05) is 0 Å². The van der Waals surface area contributed by atoms with Crippen molar-refractivity contribution in [3.05, 3.63) is 65.7 Å². The second kappa shape index (κ2) is 10.3. The largest absolute Gasteiger partial charge is 0.493 e. The van der Waals surface area contributed by atoms with Gasteiger partial charge < -0.3 is 24.8 Å². The normalized spacial score (nSPS) is 12.3. The van der Waals surface area contributed by atoms with Crippen LogP contribution in [0, 0.1) is 28.6 Å². The van der Waals surface area contributed by atoms with Crippen molar-refractivity contribution >= 4 is 28.2 Å². The van der Waals surface area contributed by atoms with Gasteiger partial charge in [-0.2, -0.15) is 20.5 Å². The van der Waals surface area contributed by atoms with E-state index in [0.29, 0.717) is 46.1 Å². The molecule has 0 saturated heterocycles. The Bertz CT molecular complexity index is 1540. The molecule has 1 aromatic heterocycles. The number of hydrogen-bond acceptors (Lipinski definition) is 9. The predicted molar refractivity (Wildman–Crippen MR) is 140 cm³/mol. The standard InChI is InChI=1S/C28H24N6O3/c1-35-23-12-20-11-19(15-30)7-10-22(20)26(36-2)27(23)37-25-13-24(31-16-18-3-4-18)33-28(34-25)32-21-8-5-17(14-29)6-9-21/h5-13,18H,3-4,16H2,1-2H3,(H2,31,32,33,34). The third kappa shape index (κ3) is 5.31. The first-order chi connectivity index (χ1) is 18.1. The summed E-state index contributed by atoms with van der Waals surface area (Å²) in [5.41, 5.74) is 1.83. The van der Waals surface area contributed by atoms with E-state index in [9.17, 15) is 5.26 Å². The SMILES string of the molecule is COc1cc2cc(C#N)ccc2c(OC)c1Oc1cc(NCC2CC2)nc(Nc2ccc(C#N)cc2)n1. The molecule has 3 aromatic carbocycles. The molecule has 1 heterocycles. The number of rotatable bonds is 9. The molecule has 2 N–H and O–H groups in total. The Morgan fingerprint density at radius 3 is 2.32 bits per heavy atom. The van der Waals surface area contributed by atoms with Crippen molar-refractivity contribution in [3.63, 3.8) is 0 Å². The highest BCUT2D eigenvalue weighted by Crippen LogP contribution is 2.45. The molecule has 37 heavy (non-hydrogen) atoms. The molecule has 184 valence electrons. The van der Waals surface area contributed by atoms with E-state index in [1.54, 1.807) is 62.8 Å². The number of nitrogens with zero attached hydrogens (tertiary/aromatic N) is 4. The lowest BCUT2D eigenvalue weighted by Crippen LogP contribution is -2.08. The molecular formula is C28H24N6O3. The third-order valence-electron chi connectivity index (χ3n) is 6.01. The van der Waals surface area contributed by atoms with Crippen molar-refractivity contribution in [3.8, 4) is 35.3 Å². The molecule has 1 saturated carbocycles. The highest BCUT2D eigenvalue weighted by atomic mass is 16.5. The zero-order chi connectivity index (χ0) is 25.8. The van der Waals surface area contributed by atoms with Gasteiger partial charge >= 0.3 is 0 Å². The second-order valence-electron chi connectivity index (χ2n) is 8.64. The topological polar surface area (TPSA) is 125 Å². The first-order valence-corrected chi connectivity index (χ1v) is 11.8. The van der Waals surface area contributed by atoms with Crippen molar-refractivity contribution in [1.82, 2.24) is 9.97 Å². The Labute approximate surface area is 214 Å². The number of methoxy groups -OCH3 is 2. The number of nitriles is 2. The number of hydrogen-bond donors (Lipinski definition) is 2. The highest BCUT2D eigenvalue weighted by Gasteiger charge is 2.22. The lowest BCUT2D eigenvalue weighted by molar-refractivity contribution is 0.345. The summed E-state index contributed by atoms with van der Waals surface area (Å²) < 4.78 is 17.6. The molecule has 5 rings (SSSR count). The van der Waals surface area contributed by atoms with Crippen LogP contribution in [0.25, 0.3) is 10.8 Å². The van der Waals surface area contributed by atoms with Gasteiger partial charge in [-0.25, -0.2) is 0 Å². The van der Waals surface area contributed by atoms with E-state index in [4.69, 9.17) is 19.5 Å². The zero-order valence-electron chi connectivity index (χ0n) is 20.4. The number of ether oxygens (including phenoxy) is 3. The molecule has 1 aliphatic rings. The molecule has 0 amide bonds. The van der Waals surface area contributed by atoms with E-state index in [1.807, 2.05) is 6.07 Å². The van der Waals surface area contributed by atoms with E-state index in [1.165, 1.54) is 12.8 Å². The fourth-order valence-electron chi connectivity index (χ4n) is 3.91. The molecule has 9 nitrogen and oxygen atoms in total. The number of aromatic nitrogens is 2. The molecule has 0 radical (unpaired) electrons. The minimum atomic E-state index is 0.286. The Balaban J connectivity index is 1.53. The van der Waals surface area contributed by atoms with Crippen LogP contribution in [0.3, 0.4) is 0 Å². The fourth-order valence-corrected chi connectivity index (χ4v) is 3.91. The number of nitrogens with one attached hydrogen (secondary N) is 2. The van der Waals surface area contributed by atoms with E-state index in [-0.39, 0.29) is 5.88 Å². The lowest BCUT2D eigenvalue weighted by Gasteiger charge is -2.17. The summed E-state index contributed by atoms with van der Waals surface area (Å²) in [6.45, 7) is 0.816. The van der Waals surface area contributed by atoms with E-state index >= 15 is 0 Å². The zero-order valence-corrected chi connectivity index (χ0v) is 20.4. The summed E-state index contributed by atoms with van der Waals surface area (Å²) in [6.07, 6.45) is 2.41. The Hall–Kier alpha value is -5.02. The van der Waals surface area contributed by atoms with Gasteiger partial charge in [0, 0.05) is 23.7 Å². The van der Waals surface area contributed by atoms with Crippen molar-refractivity contribution in [2.24, 2.45) is 5.92 Å². The van der Waals surface area contributed by atoms with Crippen LogP contribution in [0.2, 0.25) is 0 Å². The van der Waals surface area contributed by atoms with Gasteiger partial charge in [0.25, 0.3) is 0 Å². The molecule has 4 aromatic rings. The highest BCUT2D eigenvalue weighted by molar-refractivity contribution is 5.94. The average Bonchev–Trinajstić information content (AvgIpc) is 3.76. The fraction of sp³-hybridized carbons (Fsp3) is 0.214. The molecule has 0 aliphatic heterocycles. The van der Waals surface area contributed by atoms with Crippen LogP contribution in [0.15, 0.2) is 54.6 Å².